The Morgan fingerprint density at radius 3 is 2.80 bits per heavy atom. The van der Waals surface area contributed by atoms with E-state index in [0.29, 0.717) is 12.0 Å². The van der Waals surface area contributed by atoms with Crippen LogP contribution in [0.15, 0.2) is 22.8 Å². The summed E-state index contributed by atoms with van der Waals surface area (Å²) in [5, 5.41) is 3.72. The fraction of sp³-hybridized carbons (Fsp3) is 0.688. The van der Waals surface area contributed by atoms with Crippen molar-refractivity contribution in [3.63, 3.8) is 0 Å². The molecule has 2 atom stereocenters. The van der Waals surface area contributed by atoms with Gasteiger partial charge in [0.2, 0.25) is 0 Å². The summed E-state index contributed by atoms with van der Waals surface area (Å²) in [4.78, 5) is 7.13. The van der Waals surface area contributed by atoms with Crippen molar-refractivity contribution in [3.8, 4) is 0 Å². The van der Waals surface area contributed by atoms with Crippen LogP contribution in [0.3, 0.4) is 0 Å². The number of hydrogen-bond acceptors (Lipinski definition) is 3. The molecule has 4 heteroatoms. The SMILES string of the molecule is CCC1(C)CNC(C(C)C)CN1Cc1ccc(Br)cn1. The highest BCUT2D eigenvalue weighted by Gasteiger charge is 2.37. The number of hydrogen-bond donors (Lipinski definition) is 1. The highest BCUT2D eigenvalue weighted by molar-refractivity contribution is 9.10. The molecule has 112 valence electrons. The first kappa shape index (κ1) is 15.9. The van der Waals surface area contributed by atoms with E-state index in [1.807, 2.05) is 6.20 Å². The molecular weight excluding hydrogens is 314 g/mol. The molecule has 2 unspecified atom stereocenters. The Bertz CT molecular complexity index is 432. The third kappa shape index (κ3) is 3.60. The molecule has 1 N–H and O–H groups in total. The average molecular weight is 340 g/mol. The highest BCUT2D eigenvalue weighted by atomic mass is 79.9. The van der Waals surface area contributed by atoms with E-state index in [9.17, 15) is 0 Å². The first-order valence-corrected chi connectivity index (χ1v) is 8.33. The Morgan fingerprint density at radius 1 is 1.50 bits per heavy atom. The van der Waals surface area contributed by atoms with E-state index in [1.54, 1.807) is 0 Å². The molecule has 1 aromatic heterocycles. The Morgan fingerprint density at radius 2 is 2.25 bits per heavy atom. The van der Waals surface area contributed by atoms with Crippen molar-refractivity contribution < 1.29 is 0 Å². The van der Waals surface area contributed by atoms with Gasteiger partial charge >= 0.3 is 0 Å². The molecule has 0 bridgehead atoms. The van der Waals surface area contributed by atoms with Crippen LogP contribution in [0, 0.1) is 5.92 Å². The van der Waals surface area contributed by atoms with Crippen molar-refractivity contribution in [1.82, 2.24) is 15.2 Å². The van der Waals surface area contributed by atoms with Gasteiger partial charge in [0, 0.05) is 41.9 Å². The van der Waals surface area contributed by atoms with Crippen molar-refractivity contribution in [1.29, 1.82) is 0 Å². The molecule has 1 aliphatic heterocycles. The second kappa shape index (κ2) is 6.54. The first-order valence-electron chi connectivity index (χ1n) is 7.53. The summed E-state index contributed by atoms with van der Waals surface area (Å²) < 4.78 is 1.04. The van der Waals surface area contributed by atoms with Gasteiger partial charge in [-0.05, 0) is 47.3 Å². The minimum Gasteiger partial charge on any atom is -0.311 e. The zero-order chi connectivity index (χ0) is 14.8. The lowest BCUT2D eigenvalue weighted by Crippen LogP contribution is -2.63. The van der Waals surface area contributed by atoms with E-state index in [1.165, 1.54) is 0 Å². The lowest BCUT2D eigenvalue weighted by atomic mass is 9.89. The van der Waals surface area contributed by atoms with Gasteiger partial charge in [0.1, 0.15) is 0 Å². The van der Waals surface area contributed by atoms with Gasteiger partial charge in [0.15, 0.2) is 0 Å². The number of piperazine rings is 1. The fourth-order valence-corrected chi connectivity index (χ4v) is 2.97. The average Bonchev–Trinajstić information content (AvgIpc) is 2.43. The number of rotatable bonds is 4. The maximum Gasteiger partial charge on any atom is 0.0545 e. The Kier molecular flexibility index (Phi) is 5.21. The molecule has 0 aromatic carbocycles. The van der Waals surface area contributed by atoms with Gasteiger partial charge in [-0.25, -0.2) is 0 Å². The molecule has 1 aliphatic rings. The van der Waals surface area contributed by atoms with Crippen molar-refractivity contribution in [3.05, 3.63) is 28.5 Å². The lowest BCUT2D eigenvalue weighted by molar-refractivity contribution is 0.0307. The molecule has 1 aromatic rings. The van der Waals surface area contributed by atoms with E-state index < -0.39 is 0 Å². The van der Waals surface area contributed by atoms with E-state index in [4.69, 9.17) is 0 Å². The van der Waals surface area contributed by atoms with Crippen LogP contribution in [0.1, 0.15) is 39.8 Å². The van der Waals surface area contributed by atoms with Gasteiger partial charge in [0.05, 0.1) is 5.69 Å². The molecule has 1 saturated heterocycles. The minimum atomic E-state index is 0.222. The van der Waals surface area contributed by atoms with Gasteiger partial charge in [-0.2, -0.15) is 0 Å². The van der Waals surface area contributed by atoms with Crippen molar-refractivity contribution in [2.75, 3.05) is 13.1 Å². The molecule has 0 amide bonds. The Balaban J connectivity index is 2.13. The summed E-state index contributed by atoms with van der Waals surface area (Å²) in [6.45, 7) is 12.3. The number of aromatic nitrogens is 1. The maximum atomic E-state index is 4.53. The van der Waals surface area contributed by atoms with E-state index >= 15 is 0 Å². The predicted octanol–water partition coefficient (Wildman–Crippen LogP) is 3.44. The van der Waals surface area contributed by atoms with Crippen LogP contribution in [-0.2, 0) is 6.54 Å². The van der Waals surface area contributed by atoms with Crippen LogP contribution in [-0.4, -0.2) is 34.6 Å². The van der Waals surface area contributed by atoms with Crippen molar-refractivity contribution >= 4 is 15.9 Å². The standard InChI is InChI=1S/C16H26BrN3/c1-5-16(4)11-19-15(12(2)3)10-20(16)9-14-7-6-13(17)8-18-14/h6-8,12,15,19H,5,9-11H2,1-4H3. The lowest BCUT2D eigenvalue weighted by Gasteiger charge is -2.48. The molecule has 2 rings (SSSR count). The number of halogens is 1. The summed E-state index contributed by atoms with van der Waals surface area (Å²) in [5.41, 5.74) is 1.37. The molecule has 0 aliphatic carbocycles. The molecule has 1 fully saturated rings. The van der Waals surface area contributed by atoms with E-state index in [2.05, 4.69) is 71.0 Å². The molecular formula is C16H26BrN3. The number of nitrogens with zero attached hydrogens (tertiary/aromatic N) is 2. The first-order chi connectivity index (χ1) is 9.44. The molecule has 0 spiro atoms. The van der Waals surface area contributed by atoms with E-state index in [-0.39, 0.29) is 5.54 Å². The normalized spacial score (nSPS) is 28.0. The third-order valence-electron chi connectivity index (χ3n) is 4.63. The summed E-state index contributed by atoms with van der Waals surface area (Å²) >= 11 is 3.45. The van der Waals surface area contributed by atoms with Crippen LogP contribution in [0.25, 0.3) is 0 Å². The zero-order valence-electron chi connectivity index (χ0n) is 13.0. The van der Waals surface area contributed by atoms with Gasteiger partial charge in [-0.1, -0.05) is 20.8 Å². The molecule has 2 heterocycles. The molecule has 0 radical (unpaired) electrons. The predicted molar refractivity (Wildman–Crippen MR) is 87.7 cm³/mol. The molecule has 3 nitrogen and oxygen atoms in total. The van der Waals surface area contributed by atoms with Crippen molar-refractivity contribution in [2.45, 2.75) is 52.2 Å². The van der Waals surface area contributed by atoms with Crippen LogP contribution in [0.5, 0.6) is 0 Å². The smallest absolute Gasteiger partial charge is 0.0545 e. The maximum absolute atomic E-state index is 4.53. The summed E-state index contributed by atoms with van der Waals surface area (Å²) in [7, 11) is 0. The second-order valence-corrected chi connectivity index (χ2v) is 7.35. The second-order valence-electron chi connectivity index (χ2n) is 6.43. The quantitative estimate of drug-likeness (QED) is 0.910. The fourth-order valence-electron chi connectivity index (χ4n) is 2.73. The molecule has 20 heavy (non-hydrogen) atoms. The summed E-state index contributed by atoms with van der Waals surface area (Å²) in [5.74, 6) is 0.664. The minimum absolute atomic E-state index is 0.222. The monoisotopic (exact) mass is 339 g/mol. The van der Waals surface area contributed by atoms with Crippen LogP contribution >= 0.6 is 15.9 Å². The van der Waals surface area contributed by atoms with Crippen LogP contribution < -0.4 is 5.32 Å². The Hall–Kier alpha value is -0.450. The van der Waals surface area contributed by atoms with Crippen LogP contribution in [0.4, 0.5) is 0 Å². The third-order valence-corrected chi connectivity index (χ3v) is 5.10. The topological polar surface area (TPSA) is 28.2 Å². The molecule has 0 saturated carbocycles. The van der Waals surface area contributed by atoms with Crippen molar-refractivity contribution in [2.24, 2.45) is 5.92 Å². The summed E-state index contributed by atoms with van der Waals surface area (Å²) in [6.07, 6.45) is 3.04. The zero-order valence-corrected chi connectivity index (χ0v) is 14.6. The van der Waals surface area contributed by atoms with Gasteiger partial charge in [0.25, 0.3) is 0 Å². The number of pyridine rings is 1. The Labute approximate surface area is 131 Å². The summed E-state index contributed by atoms with van der Waals surface area (Å²) in [6, 6.07) is 4.77. The van der Waals surface area contributed by atoms with Gasteiger partial charge in [-0.15, -0.1) is 0 Å². The van der Waals surface area contributed by atoms with Gasteiger partial charge in [-0.3, -0.25) is 9.88 Å². The van der Waals surface area contributed by atoms with Crippen LogP contribution in [0.2, 0.25) is 0 Å². The largest absolute Gasteiger partial charge is 0.311 e. The number of nitrogens with one attached hydrogen (secondary N) is 1. The highest BCUT2D eigenvalue weighted by Crippen LogP contribution is 2.26. The van der Waals surface area contributed by atoms with Gasteiger partial charge < -0.3 is 5.32 Å². The van der Waals surface area contributed by atoms with E-state index in [0.717, 1.165) is 36.2 Å².